The van der Waals surface area contributed by atoms with Crippen LogP contribution in [0, 0.1) is 5.92 Å². The van der Waals surface area contributed by atoms with Crippen molar-refractivity contribution in [2.45, 2.75) is 32.6 Å². The molecule has 0 spiro atoms. The van der Waals surface area contributed by atoms with Gasteiger partial charge in [0.15, 0.2) is 0 Å². The molecular formula is C20H20O4. The van der Waals surface area contributed by atoms with E-state index < -0.39 is 5.97 Å². The quantitative estimate of drug-likeness (QED) is 0.475. The average molecular weight is 324 g/mol. The summed E-state index contributed by atoms with van der Waals surface area (Å²) >= 11 is 0. The predicted molar refractivity (Wildman–Crippen MR) is 92.0 cm³/mol. The van der Waals surface area contributed by atoms with Gasteiger partial charge in [0.1, 0.15) is 11.5 Å². The van der Waals surface area contributed by atoms with Crippen LogP contribution in [0.1, 0.15) is 32.6 Å². The van der Waals surface area contributed by atoms with Gasteiger partial charge in [-0.2, -0.15) is 0 Å². The molecule has 0 saturated heterocycles. The number of esters is 2. The number of hydrogen-bond donors (Lipinski definition) is 0. The summed E-state index contributed by atoms with van der Waals surface area (Å²) in [7, 11) is 0. The fraction of sp³-hybridized carbons (Fsp3) is 0.300. The van der Waals surface area contributed by atoms with E-state index in [-0.39, 0.29) is 11.9 Å². The van der Waals surface area contributed by atoms with Gasteiger partial charge in [0.2, 0.25) is 0 Å². The van der Waals surface area contributed by atoms with Gasteiger partial charge >= 0.3 is 11.9 Å². The van der Waals surface area contributed by atoms with Gasteiger partial charge in [0.05, 0.1) is 5.92 Å². The number of ether oxygens (including phenoxy) is 2. The molecule has 0 aromatic heterocycles. The van der Waals surface area contributed by atoms with E-state index in [2.05, 4.69) is 6.58 Å². The topological polar surface area (TPSA) is 52.6 Å². The Bertz CT molecular complexity index is 800. The number of benzene rings is 2. The monoisotopic (exact) mass is 324 g/mol. The van der Waals surface area contributed by atoms with Gasteiger partial charge in [-0.05, 0) is 31.9 Å². The van der Waals surface area contributed by atoms with Crippen molar-refractivity contribution in [1.29, 1.82) is 0 Å². The lowest BCUT2D eigenvalue weighted by Crippen LogP contribution is -2.17. The van der Waals surface area contributed by atoms with Gasteiger partial charge in [-0.25, -0.2) is 4.79 Å². The van der Waals surface area contributed by atoms with Crippen molar-refractivity contribution in [3.8, 4) is 11.5 Å². The number of rotatable bonds is 4. The lowest BCUT2D eigenvalue weighted by atomic mass is 10.1. The fourth-order valence-electron chi connectivity index (χ4n) is 2.96. The third-order valence-corrected chi connectivity index (χ3v) is 4.29. The Kier molecular flexibility index (Phi) is 4.65. The summed E-state index contributed by atoms with van der Waals surface area (Å²) in [6.45, 7) is 5.19. The Morgan fingerprint density at radius 3 is 2.04 bits per heavy atom. The number of carbonyl (C=O) groups excluding carboxylic acids is 2. The maximum atomic E-state index is 12.3. The van der Waals surface area contributed by atoms with Crippen molar-refractivity contribution in [2.75, 3.05) is 0 Å². The van der Waals surface area contributed by atoms with Crippen LogP contribution in [-0.4, -0.2) is 11.9 Å². The molecule has 2 aromatic carbocycles. The zero-order valence-corrected chi connectivity index (χ0v) is 13.7. The van der Waals surface area contributed by atoms with E-state index in [1.54, 1.807) is 19.1 Å². The molecule has 2 aromatic rings. The fourth-order valence-corrected chi connectivity index (χ4v) is 2.96. The van der Waals surface area contributed by atoms with Crippen LogP contribution >= 0.6 is 0 Å². The third kappa shape index (κ3) is 3.32. The summed E-state index contributed by atoms with van der Waals surface area (Å²) in [5.74, 6) is 0.266. The van der Waals surface area contributed by atoms with Crippen molar-refractivity contribution in [3.05, 3.63) is 48.6 Å². The molecule has 4 nitrogen and oxygen atoms in total. The van der Waals surface area contributed by atoms with Gasteiger partial charge in [-0.15, -0.1) is 0 Å². The molecule has 0 radical (unpaired) electrons. The average Bonchev–Trinajstić information content (AvgIpc) is 3.11. The molecule has 24 heavy (non-hydrogen) atoms. The Balaban J connectivity index is 1.91. The zero-order chi connectivity index (χ0) is 17.1. The molecule has 1 aliphatic rings. The first-order chi connectivity index (χ1) is 11.6. The molecule has 124 valence electrons. The summed E-state index contributed by atoms with van der Waals surface area (Å²) < 4.78 is 11.0. The molecule has 0 heterocycles. The largest absolute Gasteiger partial charge is 0.426 e. The summed E-state index contributed by atoms with van der Waals surface area (Å²) in [5.41, 5.74) is 0.329. The Morgan fingerprint density at radius 2 is 1.50 bits per heavy atom. The van der Waals surface area contributed by atoms with Crippen LogP contribution in [0.4, 0.5) is 0 Å². The van der Waals surface area contributed by atoms with Crippen molar-refractivity contribution in [2.24, 2.45) is 5.92 Å². The molecule has 0 atom stereocenters. The molecule has 3 rings (SSSR count). The normalized spacial score (nSPS) is 14.5. The van der Waals surface area contributed by atoms with E-state index in [9.17, 15) is 9.59 Å². The molecule has 0 unspecified atom stereocenters. The Labute approximate surface area is 141 Å². The standard InChI is InChI=1S/C20H20O4/c1-13(2)19(21)23-17-11-12-18(16-10-6-5-9-15(16)17)24-20(22)14-7-3-4-8-14/h5-6,9-12,14H,1,3-4,7-8H2,2H3. The minimum Gasteiger partial charge on any atom is -0.426 e. The number of hydrogen-bond acceptors (Lipinski definition) is 4. The molecule has 1 saturated carbocycles. The second kappa shape index (κ2) is 6.87. The van der Waals surface area contributed by atoms with Gasteiger partial charge in [-0.3, -0.25) is 4.79 Å². The maximum absolute atomic E-state index is 12.3. The van der Waals surface area contributed by atoms with Gasteiger partial charge < -0.3 is 9.47 Å². The van der Waals surface area contributed by atoms with Crippen LogP contribution in [0.15, 0.2) is 48.6 Å². The summed E-state index contributed by atoms with van der Waals surface area (Å²) in [4.78, 5) is 24.1. The first-order valence-corrected chi connectivity index (χ1v) is 8.17. The first-order valence-electron chi connectivity index (χ1n) is 8.17. The molecule has 1 aliphatic carbocycles. The van der Waals surface area contributed by atoms with Crippen LogP contribution < -0.4 is 9.47 Å². The molecule has 0 aliphatic heterocycles. The first kappa shape index (κ1) is 16.2. The summed E-state index contributed by atoms with van der Waals surface area (Å²) in [6, 6.07) is 10.7. The summed E-state index contributed by atoms with van der Waals surface area (Å²) in [5, 5.41) is 1.47. The zero-order valence-electron chi connectivity index (χ0n) is 13.7. The van der Waals surface area contributed by atoms with Crippen molar-refractivity contribution in [3.63, 3.8) is 0 Å². The van der Waals surface area contributed by atoms with E-state index in [1.807, 2.05) is 24.3 Å². The lowest BCUT2D eigenvalue weighted by molar-refractivity contribution is -0.138. The number of fused-ring (bicyclic) bond motifs is 1. The van der Waals surface area contributed by atoms with E-state index in [0.29, 0.717) is 17.1 Å². The van der Waals surface area contributed by atoms with Crippen molar-refractivity contribution in [1.82, 2.24) is 0 Å². The minimum absolute atomic E-state index is 0.00955. The Hall–Kier alpha value is -2.62. The van der Waals surface area contributed by atoms with Crippen LogP contribution in [0.2, 0.25) is 0 Å². The van der Waals surface area contributed by atoms with E-state index in [0.717, 1.165) is 36.5 Å². The van der Waals surface area contributed by atoms with E-state index in [1.165, 1.54) is 0 Å². The second-order valence-corrected chi connectivity index (χ2v) is 6.18. The minimum atomic E-state index is -0.476. The van der Waals surface area contributed by atoms with Crippen LogP contribution in [-0.2, 0) is 9.59 Å². The maximum Gasteiger partial charge on any atom is 0.338 e. The molecule has 0 amide bonds. The van der Waals surface area contributed by atoms with Gasteiger partial charge in [0.25, 0.3) is 0 Å². The predicted octanol–water partition coefficient (Wildman–Crippen LogP) is 4.42. The lowest BCUT2D eigenvalue weighted by Gasteiger charge is -2.13. The molecule has 0 N–H and O–H groups in total. The highest BCUT2D eigenvalue weighted by Crippen LogP contribution is 2.35. The smallest absolute Gasteiger partial charge is 0.338 e. The van der Waals surface area contributed by atoms with Crippen molar-refractivity contribution < 1.29 is 19.1 Å². The molecule has 4 heteroatoms. The highest BCUT2D eigenvalue weighted by molar-refractivity contribution is 5.98. The summed E-state index contributed by atoms with van der Waals surface area (Å²) in [6.07, 6.45) is 3.95. The highest BCUT2D eigenvalue weighted by Gasteiger charge is 2.25. The van der Waals surface area contributed by atoms with E-state index in [4.69, 9.17) is 9.47 Å². The second-order valence-electron chi connectivity index (χ2n) is 6.18. The van der Waals surface area contributed by atoms with Crippen LogP contribution in [0.3, 0.4) is 0 Å². The SMILES string of the molecule is C=C(C)C(=O)Oc1ccc(OC(=O)C2CCCC2)c2ccccc12. The third-order valence-electron chi connectivity index (χ3n) is 4.29. The Morgan fingerprint density at radius 1 is 0.958 bits per heavy atom. The highest BCUT2D eigenvalue weighted by atomic mass is 16.5. The van der Waals surface area contributed by atoms with Gasteiger partial charge in [0, 0.05) is 16.3 Å². The molecular weight excluding hydrogens is 304 g/mol. The van der Waals surface area contributed by atoms with Gasteiger partial charge in [-0.1, -0.05) is 43.7 Å². The van der Waals surface area contributed by atoms with Crippen LogP contribution in [0.25, 0.3) is 10.8 Å². The van der Waals surface area contributed by atoms with Crippen LogP contribution in [0.5, 0.6) is 11.5 Å². The van der Waals surface area contributed by atoms with Crippen molar-refractivity contribution >= 4 is 22.7 Å². The number of carbonyl (C=O) groups is 2. The molecule has 0 bridgehead atoms. The molecule has 1 fully saturated rings. The van der Waals surface area contributed by atoms with E-state index >= 15 is 0 Å².